The Morgan fingerprint density at radius 1 is 1.23 bits per heavy atom. The van der Waals surface area contributed by atoms with Crippen molar-refractivity contribution in [2.75, 3.05) is 13.7 Å². The third kappa shape index (κ3) is 3.44. The van der Waals surface area contributed by atoms with E-state index in [1.807, 2.05) is 31.2 Å². The van der Waals surface area contributed by atoms with Gasteiger partial charge in [0.25, 0.3) is 0 Å². The number of hydrogen-bond donors (Lipinski definition) is 1. The zero-order valence-corrected chi connectivity index (χ0v) is 8.04. The molecule has 0 aliphatic heterocycles. The molecular weight excluding hydrogens is 166 g/mol. The molecule has 3 nitrogen and oxygen atoms in total. The lowest BCUT2D eigenvalue weighted by Gasteiger charge is -2.04. The van der Waals surface area contributed by atoms with Crippen LogP contribution in [0.4, 0.5) is 0 Å². The molecule has 1 aromatic rings. The molecule has 0 saturated heterocycles. The average molecular weight is 181 g/mol. The van der Waals surface area contributed by atoms with Crippen molar-refractivity contribution in [1.82, 2.24) is 5.48 Å². The van der Waals surface area contributed by atoms with E-state index in [1.54, 1.807) is 7.05 Å². The van der Waals surface area contributed by atoms with E-state index in [4.69, 9.17) is 9.57 Å². The fourth-order valence-electron chi connectivity index (χ4n) is 1.00. The van der Waals surface area contributed by atoms with Crippen LogP contribution in [0, 0.1) is 0 Å². The molecule has 0 radical (unpaired) electrons. The van der Waals surface area contributed by atoms with Crippen LogP contribution in [-0.4, -0.2) is 13.7 Å². The maximum atomic E-state index is 5.31. The Hall–Kier alpha value is -1.06. The number of hydrogen-bond acceptors (Lipinski definition) is 3. The molecule has 72 valence electrons. The van der Waals surface area contributed by atoms with E-state index in [9.17, 15) is 0 Å². The second-order valence-electron chi connectivity index (χ2n) is 2.57. The Balaban J connectivity index is 2.48. The van der Waals surface area contributed by atoms with E-state index in [2.05, 4.69) is 5.48 Å². The fourth-order valence-corrected chi connectivity index (χ4v) is 1.00. The van der Waals surface area contributed by atoms with Crippen molar-refractivity contribution in [2.24, 2.45) is 0 Å². The van der Waals surface area contributed by atoms with Gasteiger partial charge in [0.05, 0.1) is 13.2 Å². The van der Waals surface area contributed by atoms with Crippen molar-refractivity contribution in [3.05, 3.63) is 29.8 Å². The van der Waals surface area contributed by atoms with E-state index >= 15 is 0 Å². The number of ether oxygens (including phenoxy) is 1. The quantitative estimate of drug-likeness (QED) is 0.702. The first kappa shape index (κ1) is 10.0. The molecule has 0 spiro atoms. The Morgan fingerprint density at radius 3 is 2.46 bits per heavy atom. The molecule has 0 aromatic heterocycles. The molecule has 1 N–H and O–H groups in total. The summed E-state index contributed by atoms with van der Waals surface area (Å²) in [5, 5.41) is 0. The molecule has 0 aliphatic carbocycles. The summed E-state index contributed by atoms with van der Waals surface area (Å²) in [6.45, 7) is 3.24. The van der Waals surface area contributed by atoms with Gasteiger partial charge in [-0.2, -0.15) is 0 Å². The number of rotatable bonds is 5. The van der Waals surface area contributed by atoms with Crippen molar-refractivity contribution in [1.29, 1.82) is 0 Å². The van der Waals surface area contributed by atoms with Crippen molar-refractivity contribution in [2.45, 2.75) is 13.5 Å². The molecule has 1 rings (SSSR count). The van der Waals surface area contributed by atoms with Gasteiger partial charge in [-0.05, 0) is 24.6 Å². The van der Waals surface area contributed by atoms with Crippen LogP contribution in [0.2, 0.25) is 0 Å². The molecule has 0 bridgehead atoms. The van der Waals surface area contributed by atoms with Crippen LogP contribution in [-0.2, 0) is 11.4 Å². The highest BCUT2D eigenvalue weighted by Crippen LogP contribution is 2.12. The van der Waals surface area contributed by atoms with E-state index in [0.717, 1.165) is 11.3 Å². The summed E-state index contributed by atoms with van der Waals surface area (Å²) in [6, 6.07) is 7.86. The smallest absolute Gasteiger partial charge is 0.119 e. The molecule has 3 heteroatoms. The van der Waals surface area contributed by atoms with Crippen LogP contribution in [0.25, 0.3) is 0 Å². The summed E-state index contributed by atoms with van der Waals surface area (Å²) in [7, 11) is 1.74. The predicted molar refractivity (Wildman–Crippen MR) is 51.5 cm³/mol. The summed E-state index contributed by atoms with van der Waals surface area (Å²) in [5.41, 5.74) is 3.75. The minimum atomic E-state index is 0.572. The first-order valence-corrected chi connectivity index (χ1v) is 4.37. The summed E-state index contributed by atoms with van der Waals surface area (Å²) >= 11 is 0. The standard InChI is InChI=1S/C10H15NO2/c1-3-12-10-6-4-9(5-7-10)8-13-11-2/h4-7,11H,3,8H2,1-2H3. The Kier molecular flexibility index (Phi) is 4.29. The third-order valence-corrected chi connectivity index (χ3v) is 1.62. The average Bonchev–Trinajstić information content (AvgIpc) is 2.17. The third-order valence-electron chi connectivity index (χ3n) is 1.62. The topological polar surface area (TPSA) is 30.5 Å². The number of hydroxylamine groups is 1. The highest BCUT2D eigenvalue weighted by atomic mass is 16.6. The SMILES string of the molecule is CCOc1ccc(CONC)cc1. The minimum Gasteiger partial charge on any atom is -0.494 e. The summed E-state index contributed by atoms with van der Waals surface area (Å²) in [6.07, 6.45) is 0. The van der Waals surface area contributed by atoms with E-state index in [0.29, 0.717) is 13.2 Å². The number of nitrogens with one attached hydrogen (secondary N) is 1. The molecule has 0 atom stereocenters. The summed E-state index contributed by atoms with van der Waals surface area (Å²) < 4.78 is 5.31. The van der Waals surface area contributed by atoms with Gasteiger partial charge >= 0.3 is 0 Å². The zero-order valence-electron chi connectivity index (χ0n) is 8.04. The molecule has 0 fully saturated rings. The largest absolute Gasteiger partial charge is 0.494 e. The maximum absolute atomic E-state index is 5.31. The second-order valence-corrected chi connectivity index (χ2v) is 2.57. The first-order chi connectivity index (χ1) is 6.36. The lowest BCUT2D eigenvalue weighted by molar-refractivity contribution is 0.0444. The van der Waals surface area contributed by atoms with Gasteiger partial charge in [-0.1, -0.05) is 12.1 Å². The molecule has 0 heterocycles. The fraction of sp³-hybridized carbons (Fsp3) is 0.400. The van der Waals surface area contributed by atoms with Crippen LogP contribution in [0.3, 0.4) is 0 Å². The predicted octanol–water partition coefficient (Wildman–Crippen LogP) is 1.74. The van der Waals surface area contributed by atoms with Crippen LogP contribution in [0.15, 0.2) is 24.3 Å². The van der Waals surface area contributed by atoms with Crippen LogP contribution >= 0.6 is 0 Å². The van der Waals surface area contributed by atoms with Crippen LogP contribution in [0.5, 0.6) is 5.75 Å². The molecule has 13 heavy (non-hydrogen) atoms. The Labute approximate surface area is 78.6 Å². The van der Waals surface area contributed by atoms with Gasteiger partial charge in [-0.15, -0.1) is 0 Å². The van der Waals surface area contributed by atoms with Crippen molar-refractivity contribution in [3.63, 3.8) is 0 Å². The summed E-state index contributed by atoms with van der Waals surface area (Å²) in [5.74, 6) is 0.899. The normalized spacial score (nSPS) is 10.0. The lowest BCUT2D eigenvalue weighted by atomic mass is 10.2. The van der Waals surface area contributed by atoms with Crippen molar-refractivity contribution in [3.8, 4) is 5.75 Å². The molecule has 0 aliphatic rings. The van der Waals surface area contributed by atoms with Crippen LogP contribution < -0.4 is 10.2 Å². The van der Waals surface area contributed by atoms with Crippen molar-refractivity contribution >= 4 is 0 Å². The maximum Gasteiger partial charge on any atom is 0.119 e. The monoisotopic (exact) mass is 181 g/mol. The zero-order chi connectivity index (χ0) is 9.52. The van der Waals surface area contributed by atoms with Gasteiger partial charge in [0.1, 0.15) is 5.75 Å². The second kappa shape index (κ2) is 5.56. The lowest BCUT2D eigenvalue weighted by Crippen LogP contribution is -2.06. The summed E-state index contributed by atoms with van der Waals surface area (Å²) in [4.78, 5) is 5.03. The van der Waals surface area contributed by atoms with Crippen molar-refractivity contribution < 1.29 is 9.57 Å². The van der Waals surface area contributed by atoms with Gasteiger partial charge < -0.3 is 4.74 Å². The van der Waals surface area contributed by atoms with E-state index < -0.39 is 0 Å². The Bertz CT molecular complexity index is 233. The van der Waals surface area contributed by atoms with Crippen LogP contribution in [0.1, 0.15) is 12.5 Å². The molecule has 0 unspecified atom stereocenters. The van der Waals surface area contributed by atoms with Gasteiger partial charge in [-0.25, -0.2) is 5.48 Å². The molecule has 0 saturated carbocycles. The molecular formula is C10H15NO2. The first-order valence-electron chi connectivity index (χ1n) is 4.37. The molecule has 1 aromatic carbocycles. The van der Waals surface area contributed by atoms with Gasteiger partial charge in [-0.3, -0.25) is 4.84 Å². The Morgan fingerprint density at radius 2 is 1.92 bits per heavy atom. The van der Waals surface area contributed by atoms with Gasteiger partial charge in [0, 0.05) is 7.05 Å². The van der Waals surface area contributed by atoms with Gasteiger partial charge in [0.15, 0.2) is 0 Å². The van der Waals surface area contributed by atoms with Gasteiger partial charge in [0.2, 0.25) is 0 Å². The minimum absolute atomic E-state index is 0.572. The number of benzene rings is 1. The van der Waals surface area contributed by atoms with E-state index in [1.165, 1.54) is 0 Å². The molecule has 0 amide bonds. The van der Waals surface area contributed by atoms with E-state index in [-0.39, 0.29) is 0 Å². The highest BCUT2D eigenvalue weighted by Gasteiger charge is 1.93. The highest BCUT2D eigenvalue weighted by molar-refractivity contribution is 5.26.